The molecule has 2 aromatic heterocycles. The Hall–Kier alpha value is -2.89. The number of hydrogen-bond acceptors (Lipinski definition) is 3. The zero-order chi connectivity index (χ0) is 18.0. The van der Waals surface area contributed by atoms with Crippen molar-refractivity contribution in [2.45, 2.75) is 40.8 Å². The van der Waals surface area contributed by atoms with E-state index in [0.29, 0.717) is 12.2 Å². The number of aryl methyl sites for hydroxylation is 3. The maximum absolute atomic E-state index is 12.4. The standard InChI is InChI=1S/C19H23N5O/c1-5-23-11-10-17(22-23)19(25)20-18-14(3)21-24(15(18)4)12-16-8-6-13(2)7-9-16/h6-11H,5,12H2,1-4H3,(H,20,25). The van der Waals surface area contributed by atoms with E-state index in [9.17, 15) is 4.79 Å². The lowest BCUT2D eigenvalue weighted by Gasteiger charge is -2.07. The fourth-order valence-electron chi connectivity index (χ4n) is 2.73. The Labute approximate surface area is 147 Å². The molecular formula is C19H23N5O. The number of carbonyl (C=O) groups excluding carboxylic acids is 1. The van der Waals surface area contributed by atoms with Crippen molar-refractivity contribution in [1.29, 1.82) is 0 Å². The van der Waals surface area contributed by atoms with Gasteiger partial charge in [0.1, 0.15) is 0 Å². The zero-order valence-electron chi connectivity index (χ0n) is 15.1. The average Bonchev–Trinajstić information content (AvgIpc) is 3.18. The van der Waals surface area contributed by atoms with Crippen molar-refractivity contribution in [1.82, 2.24) is 19.6 Å². The summed E-state index contributed by atoms with van der Waals surface area (Å²) in [5.74, 6) is -0.215. The lowest BCUT2D eigenvalue weighted by Crippen LogP contribution is -2.14. The molecule has 0 spiro atoms. The molecule has 0 unspecified atom stereocenters. The predicted octanol–water partition coefficient (Wildman–Crippen LogP) is 3.33. The minimum absolute atomic E-state index is 0.215. The molecule has 0 radical (unpaired) electrons. The van der Waals surface area contributed by atoms with Gasteiger partial charge in [-0.3, -0.25) is 14.2 Å². The van der Waals surface area contributed by atoms with Gasteiger partial charge in [-0.2, -0.15) is 10.2 Å². The first-order chi connectivity index (χ1) is 12.0. The van der Waals surface area contributed by atoms with E-state index >= 15 is 0 Å². The Balaban J connectivity index is 1.79. The van der Waals surface area contributed by atoms with Crippen LogP contribution in [0.5, 0.6) is 0 Å². The van der Waals surface area contributed by atoms with Gasteiger partial charge in [-0.1, -0.05) is 29.8 Å². The first-order valence-corrected chi connectivity index (χ1v) is 8.42. The number of aromatic nitrogens is 4. The van der Waals surface area contributed by atoms with E-state index in [0.717, 1.165) is 23.6 Å². The molecular weight excluding hydrogens is 314 g/mol. The highest BCUT2D eigenvalue weighted by atomic mass is 16.2. The number of anilines is 1. The van der Waals surface area contributed by atoms with Gasteiger partial charge < -0.3 is 5.32 Å². The zero-order valence-corrected chi connectivity index (χ0v) is 15.1. The summed E-state index contributed by atoms with van der Waals surface area (Å²) in [6.07, 6.45) is 1.80. The lowest BCUT2D eigenvalue weighted by atomic mass is 10.1. The monoisotopic (exact) mass is 337 g/mol. The molecule has 1 aromatic carbocycles. The SMILES string of the molecule is CCn1ccc(C(=O)Nc2c(C)nn(Cc3ccc(C)cc3)c2C)n1. The second-order valence-electron chi connectivity index (χ2n) is 6.20. The van der Waals surface area contributed by atoms with Crippen molar-refractivity contribution in [3.05, 3.63) is 64.7 Å². The van der Waals surface area contributed by atoms with Crippen molar-refractivity contribution in [2.24, 2.45) is 0 Å². The Kier molecular flexibility index (Phi) is 4.70. The number of hydrogen-bond donors (Lipinski definition) is 1. The molecule has 0 fully saturated rings. The molecule has 2 heterocycles. The molecule has 130 valence electrons. The fourth-order valence-corrected chi connectivity index (χ4v) is 2.73. The topological polar surface area (TPSA) is 64.7 Å². The lowest BCUT2D eigenvalue weighted by molar-refractivity contribution is 0.102. The number of benzene rings is 1. The van der Waals surface area contributed by atoms with Gasteiger partial charge in [-0.15, -0.1) is 0 Å². The number of rotatable bonds is 5. The molecule has 6 heteroatoms. The van der Waals surface area contributed by atoms with Crippen molar-refractivity contribution in [2.75, 3.05) is 5.32 Å². The summed E-state index contributed by atoms with van der Waals surface area (Å²) in [6.45, 7) is 9.33. The van der Waals surface area contributed by atoms with Crippen LogP contribution < -0.4 is 5.32 Å². The Morgan fingerprint density at radius 2 is 1.80 bits per heavy atom. The Morgan fingerprint density at radius 1 is 1.08 bits per heavy atom. The molecule has 3 aromatic rings. The van der Waals surface area contributed by atoms with Gasteiger partial charge in [-0.05, 0) is 39.3 Å². The van der Waals surface area contributed by atoms with Gasteiger partial charge in [0.25, 0.3) is 5.91 Å². The third-order valence-electron chi connectivity index (χ3n) is 4.27. The van der Waals surface area contributed by atoms with Crippen LogP contribution in [0.3, 0.4) is 0 Å². The van der Waals surface area contributed by atoms with E-state index in [2.05, 4.69) is 46.7 Å². The Bertz CT molecular complexity index is 889. The van der Waals surface area contributed by atoms with E-state index in [4.69, 9.17) is 0 Å². The molecule has 0 atom stereocenters. The Morgan fingerprint density at radius 3 is 2.44 bits per heavy atom. The fraction of sp³-hybridized carbons (Fsp3) is 0.316. The third-order valence-corrected chi connectivity index (χ3v) is 4.27. The van der Waals surface area contributed by atoms with Crippen LogP contribution in [-0.2, 0) is 13.1 Å². The van der Waals surface area contributed by atoms with Crippen LogP contribution in [0.4, 0.5) is 5.69 Å². The van der Waals surface area contributed by atoms with Gasteiger partial charge in [0.15, 0.2) is 5.69 Å². The summed E-state index contributed by atoms with van der Waals surface area (Å²) >= 11 is 0. The van der Waals surface area contributed by atoms with E-state index in [1.54, 1.807) is 16.9 Å². The van der Waals surface area contributed by atoms with Crippen molar-refractivity contribution < 1.29 is 4.79 Å². The van der Waals surface area contributed by atoms with Crippen LogP contribution in [0.15, 0.2) is 36.5 Å². The molecule has 1 amide bonds. The van der Waals surface area contributed by atoms with E-state index in [-0.39, 0.29) is 5.91 Å². The van der Waals surface area contributed by atoms with E-state index in [1.165, 1.54) is 11.1 Å². The van der Waals surface area contributed by atoms with Gasteiger partial charge in [0.2, 0.25) is 0 Å². The highest BCUT2D eigenvalue weighted by Crippen LogP contribution is 2.21. The minimum Gasteiger partial charge on any atom is -0.317 e. The van der Waals surface area contributed by atoms with Crippen LogP contribution in [0, 0.1) is 20.8 Å². The first kappa shape index (κ1) is 17.0. The van der Waals surface area contributed by atoms with Crippen LogP contribution in [0.25, 0.3) is 0 Å². The van der Waals surface area contributed by atoms with Gasteiger partial charge >= 0.3 is 0 Å². The number of carbonyl (C=O) groups is 1. The van der Waals surface area contributed by atoms with Gasteiger partial charge in [0.05, 0.1) is 23.6 Å². The first-order valence-electron chi connectivity index (χ1n) is 8.42. The van der Waals surface area contributed by atoms with E-state index in [1.807, 2.05) is 25.5 Å². The molecule has 3 rings (SSSR count). The van der Waals surface area contributed by atoms with Crippen LogP contribution in [0.1, 0.15) is 39.9 Å². The number of nitrogens with zero attached hydrogens (tertiary/aromatic N) is 4. The molecule has 6 nitrogen and oxygen atoms in total. The molecule has 0 saturated carbocycles. The van der Waals surface area contributed by atoms with Gasteiger partial charge in [-0.25, -0.2) is 0 Å². The highest BCUT2D eigenvalue weighted by molar-refractivity contribution is 6.03. The summed E-state index contributed by atoms with van der Waals surface area (Å²) in [6, 6.07) is 10.1. The summed E-state index contributed by atoms with van der Waals surface area (Å²) in [5, 5.41) is 11.8. The smallest absolute Gasteiger partial charge is 0.276 e. The predicted molar refractivity (Wildman–Crippen MR) is 97.8 cm³/mol. The number of amides is 1. The second kappa shape index (κ2) is 6.93. The summed E-state index contributed by atoms with van der Waals surface area (Å²) in [5.41, 5.74) is 5.30. The molecule has 1 N–H and O–H groups in total. The maximum atomic E-state index is 12.4. The molecule has 25 heavy (non-hydrogen) atoms. The van der Waals surface area contributed by atoms with Crippen molar-refractivity contribution in [3.8, 4) is 0 Å². The summed E-state index contributed by atoms with van der Waals surface area (Å²) in [7, 11) is 0. The number of nitrogens with one attached hydrogen (secondary N) is 1. The molecule has 0 bridgehead atoms. The largest absolute Gasteiger partial charge is 0.317 e. The maximum Gasteiger partial charge on any atom is 0.276 e. The van der Waals surface area contributed by atoms with Crippen LogP contribution in [0.2, 0.25) is 0 Å². The van der Waals surface area contributed by atoms with Crippen molar-refractivity contribution >= 4 is 11.6 Å². The molecule has 0 aliphatic heterocycles. The molecule has 0 saturated heterocycles. The minimum atomic E-state index is -0.215. The van der Waals surface area contributed by atoms with Crippen LogP contribution in [-0.4, -0.2) is 25.5 Å². The summed E-state index contributed by atoms with van der Waals surface area (Å²) in [4.78, 5) is 12.4. The molecule has 0 aliphatic rings. The van der Waals surface area contributed by atoms with Gasteiger partial charge in [0, 0.05) is 12.7 Å². The van der Waals surface area contributed by atoms with Crippen molar-refractivity contribution in [3.63, 3.8) is 0 Å². The van der Waals surface area contributed by atoms with E-state index < -0.39 is 0 Å². The normalized spacial score (nSPS) is 10.9. The summed E-state index contributed by atoms with van der Waals surface area (Å²) < 4.78 is 3.65. The quantitative estimate of drug-likeness (QED) is 0.777. The molecule has 0 aliphatic carbocycles. The average molecular weight is 337 g/mol. The second-order valence-corrected chi connectivity index (χ2v) is 6.20. The third kappa shape index (κ3) is 3.63. The van der Waals surface area contributed by atoms with Crippen LogP contribution >= 0.6 is 0 Å². The highest BCUT2D eigenvalue weighted by Gasteiger charge is 2.17.